The normalized spacial score (nSPS) is 26.6. The number of aliphatic hydroxyl groups is 3. The average molecular weight is 636 g/mol. The Morgan fingerprint density at radius 1 is 1.07 bits per heavy atom. The largest absolute Gasteiger partial charge is 0.489 e. The van der Waals surface area contributed by atoms with Crippen LogP contribution in [0.1, 0.15) is 19.8 Å². The Morgan fingerprint density at radius 3 is 2.57 bits per heavy atom. The van der Waals surface area contributed by atoms with Crippen LogP contribution in [0.3, 0.4) is 0 Å². The summed E-state index contributed by atoms with van der Waals surface area (Å²) in [7, 11) is 0. The van der Waals surface area contributed by atoms with Crippen LogP contribution in [0.15, 0.2) is 48.8 Å². The summed E-state index contributed by atoms with van der Waals surface area (Å²) in [6.45, 7) is 5.05. The molecular formula is C32H37N5O9. The third-order valence-corrected chi connectivity index (χ3v) is 8.96. The summed E-state index contributed by atoms with van der Waals surface area (Å²) >= 11 is 0. The molecule has 7 rings (SSSR count). The predicted octanol–water partition coefficient (Wildman–Crippen LogP) is 1.19. The Morgan fingerprint density at radius 2 is 1.85 bits per heavy atom. The van der Waals surface area contributed by atoms with E-state index in [2.05, 4.69) is 16.0 Å². The highest BCUT2D eigenvalue weighted by atomic mass is 16.7. The first-order valence-electron chi connectivity index (χ1n) is 15.3. The molecule has 0 radical (unpaired) electrons. The van der Waals surface area contributed by atoms with E-state index in [4.69, 9.17) is 29.7 Å². The standard InChI is InChI=1S/C32H37N5O9/c1-32(13-43-14-32)15-44-22-11-19-21(12-23(22)45-31-28(40)26(38)27(39)29(46-31)30(41)42)37(16-34-19)24-6-5-17-3-2-4-20(25(17)35-24)36-9-7-18(33)8-10-36/h2-6,11-12,16,18,26-29,31,38-40H,7-10,13-15,33H2,1H3,(H,41,42). The Hall–Kier alpha value is -4.05. The van der Waals surface area contributed by atoms with Gasteiger partial charge in [0.15, 0.2) is 17.6 Å². The smallest absolute Gasteiger partial charge is 0.335 e. The van der Waals surface area contributed by atoms with Gasteiger partial charge >= 0.3 is 5.97 Å². The molecule has 2 aromatic carbocycles. The number of carbonyl (C=O) groups is 1. The molecule has 6 N–H and O–H groups in total. The minimum Gasteiger partial charge on any atom is -0.489 e. The maximum atomic E-state index is 11.7. The van der Waals surface area contributed by atoms with Crippen molar-refractivity contribution in [1.82, 2.24) is 14.5 Å². The van der Waals surface area contributed by atoms with Gasteiger partial charge in [-0.15, -0.1) is 0 Å². The number of pyridine rings is 1. The highest BCUT2D eigenvalue weighted by Gasteiger charge is 2.48. The Labute approximate surface area is 263 Å². The summed E-state index contributed by atoms with van der Waals surface area (Å²) in [5.74, 6) is -0.523. The topological polar surface area (TPSA) is 195 Å². The number of rotatable bonds is 8. The van der Waals surface area contributed by atoms with E-state index >= 15 is 0 Å². The number of imidazole rings is 1. The van der Waals surface area contributed by atoms with Crippen molar-refractivity contribution in [2.24, 2.45) is 11.1 Å². The second kappa shape index (κ2) is 12.0. The molecule has 5 heterocycles. The Balaban J connectivity index is 1.27. The lowest BCUT2D eigenvalue weighted by molar-refractivity contribution is -0.271. The van der Waals surface area contributed by atoms with Gasteiger partial charge in [-0.05, 0) is 31.0 Å². The molecule has 14 heteroatoms. The van der Waals surface area contributed by atoms with Crippen molar-refractivity contribution in [2.75, 3.05) is 37.8 Å². The van der Waals surface area contributed by atoms with Crippen LogP contribution < -0.4 is 20.1 Å². The summed E-state index contributed by atoms with van der Waals surface area (Å²) < 4.78 is 24.7. The van der Waals surface area contributed by atoms with E-state index in [1.165, 1.54) is 0 Å². The summed E-state index contributed by atoms with van der Waals surface area (Å²) in [6, 6.07) is 13.5. The summed E-state index contributed by atoms with van der Waals surface area (Å²) in [4.78, 5) is 23.7. The van der Waals surface area contributed by atoms with Crippen molar-refractivity contribution >= 4 is 33.6 Å². The number of nitrogens with zero attached hydrogens (tertiary/aromatic N) is 4. The molecule has 0 bridgehead atoms. The zero-order valence-electron chi connectivity index (χ0n) is 25.2. The number of nitrogens with two attached hydrogens (primary N) is 1. The van der Waals surface area contributed by atoms with Crippen LogP contribution in [0, 0.1) is 5.41 Å². The lowest BCUT2D eigenvalue weighted by Crippen LogP contribution is -2.61. The summed E-state index contributed by atoms with van der Waals surface area (Å²) in [5, 5.41) is 41.7. The van der Waals surface area contributed by atoms with Crippen LogP contribution in [0.5, 0.6) is 11.5 Å². The number of hydrogen-bond donors (Lipinski definition) is 5. The van der Waals surface area contributed by atoms with Crippen molar-refractivity contribution in [1.29, 1.82) is 0 Å². The van der Waals surface area contributed by atoms with E-state index in [9.17, 15) is 25.2 Å². The molecule has 0 aliphatic carbocycles. The average Bonchev–Trinajstić information content (AvgIpc) is 3.45. The Bertz CT molecular complexity index is 1750. The highest BCUT2D eigenvalue weighted by molar-refractivity contribution is 5.92. The molecule has 3 fully saturated rings. The fraction of sp³-hybridized carbons (Fsp3) is 0.469. The molecule has 5 unspecified atom stereocenters. The molecule has 3 aliphatic heterocycles. The number of aliphatic carboxylic acids is 1. The van der Waals surface area contributed by atoms with Crippen molar-refractivity contribution in [3.8, 4) is 17.3 Å². The molecule has 3 saturated heterocycles. The SMILES string of the molecule is CC1(COc2cc3ncn(-c4ccc5cccc(N6CCC(N)CC6)c5n4)c3cc2OC2OC(C(=O)O)C(O)C(O)C2O)COC1. The van der Waals surface area contributed by atoms with Gasteiger partial charge in [0.1, 0.15) is 30.5 Å². The first-order chi connectivity index (χ1) is 22.1. The van der Waals surface area contributed by atoms with Crippen LogP contribution in [0.25, 0.3) is 27.8 Å². The van der Waals surface area contributed by atoms with Crippen LogP contribution in [-0.2, 0) is 14.3 Å². The number of hydrogen-bond acceptors (Lipinski definition) is 12. The van der Waals surface area contributed by atoms with Gasteiger partial charge in [0.2, 0.25) is 6.29 Å². The van der Waals surface area contributed by atoms with E-state index in [0.717, 1.165) is 42.5 Å². The number of carboxylic acid groups (broad SMARTS) is 1. The molecule has 244 valence electrons. The zero-order valence-corrected chi connectivity index (χ0v) is 25.2. The van der Waals surface area contributed by atoms with Crippen molar-refractivity contribution in [2.45, 2.75) is 56.5 Å². The predicted molar refractivity (Wildman–Crippen MR) is 165 cm³/mol. The number of piperidine rings is 1. The number of fused-ring (bicyclic) bond motifs is 2. The molecule has 0 amide bonds. The monoisotopic (exact) mass is 635 g/mol. The fourth-order valence-electron chi connectivity index (χ4n) is 6.12. The van der Waals surface area contributed by atoms with E-state index in [1.54, 1.807) is 23.0 Å². The van der Waals surface area contributed by atoms with E-state index in [-0.39, 0.29) is 23.0 Å². The molecule has 4 aromatic rings. The van der Waals surface area contributed by atoms with E-state index in [1.807, 2.05) is 31.2 Å². The lowest BCUT2D eigenvalue weighted by atomic mass is 9.90. The van der Waals surface area contributed by atoms with Crippen molar-refractivity contribution < 1.29 is 44.2 Å². The molecule has 2 aromatic heterocycles. The minimum atomic E-state index is -1.85. The molecule has 5 atom stereocenters. The van der Waals surface area contributed by atoms with Gasteiger partial charge in [0.25, 0.3) is 0 Å². The number of para-hydroxylation sites is 1. The van der Waals surface area contributed by atoms with Crippen molar-refractivity contribution in [3.63, 3.8) is 0 Å². The quantitative estimate of drug-likeness (QED) is 0.185. The summed E-state index contributed by atoms with van der Waals surface area (Å²) in [6.07, 6.45) is -5.41. The van der Waals surface area contributed by atoms with Crippen LogP contribution >= 0.6 is 0 Å². The number of aliphatic hydroxyl groups excluding tert-OH is 3. The van der Waals surface area contributed by atoms with Gasteiger partial charge in [0.05, 0.1) is 42.1 Å². The molecular weight excluding hydrogens is 598 g/mol. The molecule has 14 nitrogen and oxygen atoms in total. The van der Waals surface area contributed by atoms with Gasteiger partial charge in [-0.1, -0.05) is 19.1 Å². The van der Waals surface area contributed by atoms with Gasteiger partial charge in [-0.3, -0.25) is 4.57 Å². The molecule has 3 aliphatic rings. The number of ether oxygens (including phenoxy) is 4. The first kappa shape index (κ1) is 30.6. The Kier molecular flexibility index (Phi) is 7.95. The molecule has 0 spiro atoms. The first-order valence-corrected chi connectivity index (χ1v) is 15.3. The minimum absolute atomic E-state index is 0.112. The fourth-order valence-corrected chi connectivity index (χ4v) is 6.12. The second-order valence-electron chi connectivity index (χ2n) is 12.7. The van der Waals surface area contributed by atoms with E-state index in [0.29, 0.717) is 36.7 Å². The van der Waals surface area contributed by atoms with Gasteiger partial charge < -0.3 is 50.0 Å². The maximum absolute atomic E-state index is 11.7. The third kappa shape index (κ3) is 5.61. The van der Waals surface area contributed by atoms with Gasteiger partial charge in [-0.25, -0.2) is 14.8 Å². The van der Waals surface area contributed by atoms with Gasteiger partial charge in [0, 0.05) is 42.1 Å². The highest BCUT2D eigenvalue weighted by Crippen LogP contribution is 2.38. The van der Waals surface area contributed by atoms with Crippen molar-refractivity contribution in [3.05, 3.63) is 48.8 Å². The van der Waals surface area contributed by atoms with E-state index < -0.39 is 36.7 Å². The van der Waals surface area contributed by atoms with Gasteiger partial charge in [-0.2, -0.15) is 0 Å². The maximum Gasteiger partial charge on any atom is 0.335 e. The van der Waals surface area contributed by atoms with Crippen LogP contribution in [-0.4, -0.2) is 111 Å². The second-order valence-corrected chi connectivity index (χ2v) is 12.7. The third-order valence-electron chi connectivity index (χ3n) is 8.96. The molecule has 46 heavy (non-hydrogen) atoms. The number of anilines is 1. The molecule has 0 saturated carbocycles. The zero-order chi connectivity index (χ0) is 32.2. The number of carboxylic acids is 1. The summed E-state index contributed by atoms with van der Waals surface area (Å²) in [5.41, 5.74) is 8.97. The number of aromatic nitrogens is 3. The lowest BCUT2D eigenvalue weighted by Gasteiger charge is -2.39. The van der Waals surface area contributed by atoms with Crippen LogP contribution in [0.4, 0.5) is 5.69 Å². The number of benzene rings is 2. The van der Waals surface area contributed by atoms with Crippen LogP contribution in [0.2, 0.25) is 0 Å².